The van der Waals surface area contributed by atoms with Crippen molar-refractivity contribution in [2.75, 3.05) is 6.54 Å². The normalized spacial score (nSPS) is 10.9. The van der Waals surface area contributed by atoms with Crippen LogP contribution in [0.1, 0.15) is 19.5 Å². The van der Waals surface area contributed by atoms with Gasteiger partial charge in [0.05, 0.1) is 16.9 Å². The maximum Gasteiger partial charge on any atom is 0.238 e. The molecule has 1 N–H and O–H groups in total. The fourth-order valence-corrected chi connectivity index (χ4v) is 1.85. The van der Waals surface area contributed by atoms with Gasteiger partial charge in [0.1, 0.15) is 0 Å². The van der Waals surface area contributed by atoms with E-state index in [1.54, 1.807) is 12.3 Å². The highest BCUT2D eigenvalue weighted by molar-refractivity contribution is 6.30. The smallest absolute Gasteiger partial charge is 0.238 e. The maximum atomic E-state index is 13.8. The van der Waals surface area contributed by atoms with Gasteiger partial charge in [-0.05, 0) is 24.6 Å². The Bertz CT molecular complexity index is 607. The molecule has 0 spiro atoms. The lowest BCUT2D eigenvalue weighted by atomic mass is 10.2. The highest BCUT2D eigenvalue weighted by atomic mass is 35.5. The quantitative estimate of drug-likeness (QED) is 0.881. The lowest BCUT2D eigenvalue weighted by Gasteiger charge is -2.09. The van der Waals surface area contributed by atoms with Crippen molar-refractivity contribution in [2.45, 2.75) is 20.4 Å². The lowest BCUT2D eigenvalue weighted by molar-refractivity contribution is 0.422. The molecule has 2 aromatic rings. The fraction of sp³-hybridized carbons (Fsp3) is 0.333. The summed E-state index contributed by atoms with van der Waals surface area (Å²) in [6.45, 7) is 5.72. The summed E-state index contributed by atoms with van der Waals surface area (Å²) in [5, 5.41) is 3.27. The molecule has 1 aromatic heterocycles. The molecule has 0 fully saturated rings. The van der Waals surface area contributed by atoms with Crippen molar-refractivity contribution < 1.29 is 9.13 Å². The van der Waals surface area contributed by atoms with Crippen LogP contribution in [0, 0.1) is 11.7 Å². The molecule has 0 aliphatic heterocycles. The van der Waals surface area contributed by atoms with Crippen LogP contribution in [-0.2, 0) is 6.54 Å². The summed E-state index contributed by atoms with van der Waals surface area (Å²) >= 11 is 5.71. The van der Waals surface area contributed by atoms with Crippen LogP contribution in [0.2, 0.25) is 5.02 Å². The van der Waals surface area contributed by atoms with Gasteiger partial charge < -0.3 is 10.1 Å². The van der Waals surface area contributed by atoms with E-state index in [4.69, 9.17) is 16.3 Å². The number of halogens is 2. The van der Waals surface area contributed by atoms with Crippen molar-refractivity contribution in [2.24, 2.45) is 5.92 Å². The zero-order chi connectivity index (χ0) is 15.2. The van der Waals surface area contributed by atoms with Crippen LogP contribution >= 0.6 is 11.6 Å². The highest BCUT2D eigenvalue weighted by Crippen LogP contribution is 2.27. The zero-order valence-electron chi connectivity index (χ0n) is 11.9. The molecule has 0 saturated heterocycles. The number of benzene rings is 1. The third-order valence-electron chi connectivity index (χ3n) is 2.65. The molecule has 0 atom stereocenters. The summed E-state index contributed by atoms with van der Waals surface area (Å²) < 4.78 is 19.2. The Morgan fingerprint density at radius 2 is 2.14 bits per heavy atom. The minimum absolute atomic E-state index is 0.00946. The van der Waals surface area contributed by atoms with E-state index in [0.29, 0.717) is 12.5 Å². The molecule has 0 amide bonds. The molecular weight excluding hydrogens is 293 g/mol. The Hall–Kier alpha value is -1.72. The highest BCUT2D eigenvalue weighted by Gasteiger charge is 2.09. The van der Waals surface area contributed by atoms with Gasteiger partial charge >= 0.3 is 0 Å². The number of aromatic nitrogens is 2. The third kappa shape index (κ3) is 4.65. The van der Waals surface area contributed by atoms with E-state index in [9.17, 15) is 4.39 Å². The molecule has 0 bridgehead atoms. The van der Waals surface area contributed by atoms with E-state index in [1.165, 1.54) is 18.3 Å². The van der Waals surface area contributed by atoms with Crippen molar-refractivity contribution in [3.8, 4) is 11.6 Å². The number of nitrogens with zero attached hydrogens (tertiary/aromatic N) is 2. The van der Waals surface area contributed by atoms with Gasteiger partial charge in [0.2, 0.25) is 5.88 Å². The number of nitrogens with one attached hydrogen (secondary N) is 1. The number of ether oxygens (including phenoxy) is 1. The van der Waals surface area contributed by atoms with E-state index in [0.717, 1.165) is 12.2 Å². The fourth-order valence-electron chi connectivity index (χ4n) is 1.69. The van der Waals surface area contributed by atoms with Gasteiger partial charge in [-0.1, -0.05) is 31.5 Å². The molecule has 4 nitrogen and oxygen atoms in total. The van der Waals surface area contributed by atoms with Crippen LogP contribution in [0.15, 0.2) is 30.6 Å². The third-order valence-corrected chi connectivity index (χ3v) is 2.94. The van der Waals surface area contributed by atoms with Gasteiger partial charge in [-0.2, -0.15) is 0 Å². The summed E-state index contributed by atoms with van der Waals surface area (Å²) in [7, 11) is 0. The maximum absolute atomic E-state index is 13.8. The molecule has 1 aromatic carbocycles. The molecule has 21 heavy (non-hydrogen) atoms. The molecule has 0 unspecified atom stereocenters. The van der Waals surface area contributed by atoms with E-state index >= 15 is 0 Å². The molecule has 2 rings (SSSR count). The second-order valence-corrected chi connectivity index (χ2v) is 5.43. The Labute approximate surface area is 128 Å². The van der Waals surface area contributed by atoms with Gasteiger partial charge in [0.25, 0.3) is 0 Å². The molecule has 112 valence electrons. The summed E-state index contributed by atoms with van der Waals surface area (Å²) in [5.74, 6) is 0.214. The first-order valence-corrected chi connectivity index (χ1v) is 7.07. The lowest BCUT2D eigenvalue weighted by Crippen LogP contribution is -2.19. The minimum atomic E-state index is -0.607. The van der Waals surface area contributed by atoms with Crippen LogP contribution in [0.3, 0.4) is 0 Å². The Kier molecular flexibility index (Phi) is 5.47. The standard InChI is InChI=1S/C15H17ClFN3O/c1-10(2)6-18-7-11-8-19-9-14(20-11)21-13-5-3-4-12(16)15(13)17/h3-5,8-10,18H,6-7H2,1-2H3. The van der Waals surface area contributed by atoms with Gasteiger partial charge in [-0.3, -0.25) is 4.98 Å². The van der Waals surface area contributed by atoms with Crippen LogP contribution in [0.5, 0.6) is 11.6 Å². The molecule has 6 heteroatoms. The van der Waals surface area contributed by atoms with Crippen LogP contribution in [-0.4, -0.2) is 16.5 Å². The molecular formula is C15H17ClFN3O. The largest absolute Gasteiger partial charge is 0.434 e. The van der Waals surface area contributed by atoms with Gasteiger partial charge in [0.15, 0.2) is 11.6 Å². The second-order valence-electron chi connectivity index (χ2n) is 5.03. The average molecular weight is 310 g/mol. The van der Waals surface area contributed by atoms with Crippen molar-refractivity contribution in [3.05, 3.63) is 47.1 Å². The summed E-state index contributed by atoms with van der Waals surface area (Å²) in [6, 6.07) is 4.57. The number of hydrogen-bond acceptors (Lipinski definition) is 4. The average Bonchev–Trinajstić information content (AvgIpc) is 2.44. The zero-order valence-corrected chi connectivity index (χ0v) is 12.7. The molecule has 0 aliphatic rings. The van der Waals surface area contributed by atoms with Crippen LogP contribution < -0.4 is 10.1 Å². The predicted octanol–water partition coefficient (Wildman–Crippen LogP) is 3.81. The van der Waals surface area contributed by atoms with Gasteiger partial charge in [-0.15, -0.1) is 0 Å². The van der Waals surface area contributed by atoms with E-state index in [-0.39, 0.29) is 16.7 Å². The molecule has 0 saturated carbocycles. The first kappa shape index (κ1) is 15.7. The Morgan fingerprint density at radius 3 is 2.90 bits per heavy atom. The summed E-state index contributed by atoms with van der Waals surface area (Å²) in [4.78, 5) is 8.33. The molecule has 1 heterocycles. The van der Waals surface area contributed by atoms with Crippen LogP contribution in [0.25, 0.3) is 0 Å². The minimum Gasteiger partial charge on any atom is -0.434 e. The van der Waals surface area contributed by atoms with Crippen LogP contribution in [0.4, 0.5) is 4.39 Å². The van der Waals surface area contributed by atoms with Crippen molar-refractivity contribution in [3.63, 3.8) is 0 Å². The van der Waals surface area contributed by atoms with E-state index in [2.05, 4.69) is 29.1 Å². The van der Waals surface area contributed by atoms with Crippen molar-refractivity contribution >= 4 is 11.6 Å². The molecule has 0 aliphatic carbocycles. The van der Waals surface area contributed by atoms with E-state index < -0.39 is 5.82 Å². The van der Waals surface area contributed by atoms with E-state index in [1.807, 2.05) is 0 Å². The topological polar surface area (TPSA) is 47.0 Å². The van der Waals surface area contributed by atoms with Gasteiger partial charge in [-0.25, -0.2) is 9.37 Å². The predicted molar refractivity (Wildman–Crippen MR) is 80.1 cm³/mol. The first-order chi connectivity index (χ1) is 10.1. The Balaban J connectivity index is 2.05. The summed E-state index contributed by atoms with van der Waals surface area (Å²) in [5.41, 5.74) is 0.732. The van der Waals surface area contributed by atoms with Crippen molar-refractivity contribution in [1.29, 1.82) is 0 Å². The molecule has 0 radical (unpaired) electrons. The second kappa shape index (κ2) is 7.33. The van der Waals surface area contributed by atoms with Gasteiger partial charge in [0, 0.05) is 12.7 Å². The SMILES string of the molecule is CC(C)CNCc1cncc(Oc2cccc(Cl)c2F)n1. The summed E-state index contributed by atoms with van der Waals surface area (Å²) in [6.07, 6.45) is 3.08. The Morgan fingerprint density at radius 1 is 1.33 bits per heavy atom. The number of hydrogen-bond donors (Lipinski definition) is 1. The monoisotopic (exact) mass is 309 g/mol. The number of rotatable bonds is 6. The first-order valence-electron chi connectivity index (χ1n) is 6.69. The van der Waals surface area contributed by atoms with Crippen molar-refractivity contribution in [1.82, 2.24) is 15.3 Å².